The predicted molar refractivity (Wildman–Crippen MR) is 77.8 cm³/mol. The van der Waals surface area contributed by atoms with Crippen molar-refractivity contribution < 1.29 is 18.4 Å². The number of aromatic nitrogens is 1. The number of thiazole rings is 1. The normalized spacial score (nSPS) is 11.1. The van der Waals surface area contributed by atoms with Crippen molar-refractivity contribution in [2.75, 3.05) is 5.43 Å². The van der Waals surface area contributed by atoms with E-state index in [1.165, 1.54) is 11.3 Å². The lowest BCUT2D eigenvalue weighted by Crippen LogP contribution is -2.05. The van der Waals surface area contributed by atoms with Crippen LogP contribution in [0.25, 0.3) is 0 Å². The molecule has 0 aliphatic carbocycles. The zero-order valence-electron chi connectivity index (χ0n) is 11.2. The second-order valence-corrected chi connectivity index (χ2v) is 4.88. The van der Waals surface area contributed by atoms with E-state index in [-0.39, 0.29) is 17.0 Å². The van der Waals surface area contributed by atoms with Gasteiger partial charge in [0, 0.05) is 23.1 Å². The van der Waals surface area contributed by atoms with Gasteiger partial charge in [0.05, 0.1) is 16.8 Å². The number of alkyl halides is 2. The number of nitro benzene ring substituents is 1. The summed E-state index contributed by atoms with van der Waals surface area (Å²) < 4.78 is 28.9. The summed E-state index contributed by atoms with van der Waals surface area (Å²) in [7, 11) is 0. The Kier molecular flexibility index (Phi) is 4.94. The molecule has 116 valence electrons. The molecule has 1 aromatic heterocycles. The molecule has 0 aliphatic rings. The molecule has 7 nitrogen and oxygen atoms in total. The molecule has 0 saturated carbocycles. The van der Waals surface area contributed by atoms with Crippen LogP contribution in [-0.4, -0.2) is 22.7 Å². The van der Waals surface area contributed by atoms with E-state index < -0.39 is 11.5 Å². The highest BCUT2D eigenvalue weighted by Gasteiger charge is 2.13. The van der Waals surface area contributed by atoms with Crippen LogP contribution in [0.4, 0.5) is 19.6 Å². The molecule has 1 heterocycles. The number of halogens is 2. The predicted octanol–water partition coefficient (Wildman–Crippen LogP) is 3.41. The molecule has 0 radical (unpaired) electrons. The number of aryl methyl sites for hydroxylation is 1. The van der Waals surface area contributed by atoms with Gasteiger partial charge >= 0.3 is 6.61 Å². The molecule has 0 spiro atoms. The fourth-order valence-electron chi connectivity index (χ4n) is 1.52. The number of ether oxygens (including phenoxy) is 1. The van der Waals surface area contributed by atoms with E-state index in [1.807, 2.05) is 0 Å². The third-order valence-corrected chi connectivity index (χ3v) is 3.27. The lowest BCUT2D eigenvalue weighted by molar-refractivity contribution is -0.384. The number of rotatable bonds is 6. The van der Waals surface area contributed by atoms with Crippen LogP contribution >= 0.6 is 11.3 Å². The lowest BCUT2D eigenvalue weighted by atomic mass is 10.2. The summed E-state index contributed by atoms with van der Waals surface area (Å²) in [6, 6.07) is 3.27. The van der Waals surface area contributed by atoms with Crippen LogP contribution < -0.4 is 10.2 Å². The van der Waals surface area contributed by atoms with Crippen molar-refractivity contribution in [1.82, 2.24) is 4.98 Å². The molecule has 1 aromatic carbocycles. The van der Waals surface area contributed by atoms with E-state index in [2.05, 4.69) is 20.2 Å². The number of benzene rings is 1. The Bertz CT molecular complexity index is 705. The Morgan fingerprint density at radius 2 is 2.32 bits per heavy atom. The van der Waals surface area contributed by atoms with Crippen LogP contribution in [0.5, 0.6) is 5.75 Å². The molecule has 0 atom stereocenters. The Morgan fingerprint density at radius 3 is 2.91 bits per heavy atom. The average molecular weight is 328 g/mol. The summed E-state index contributed by atoms with van der Waals surface area (Å²) >= 11 is 1.31. The van der Waals surface area contributed by atoms with E-state index in [1.54, 1.807) is 12.3 Å². The minimum atomic E-state index is -3.04. The monoisotopic (exact) mass is 328 g/mol. The van der Waals surface area contributed by atoms with Crippen LogP contribution in [-0.2, 0) is 0 Å². The number of non-ortho nitro benzene ring substituents is 1. The van der Waals surface area contributed by atoms with Crippen LogP contribution in [0.3, 0.4) is 0 Å². The van der Waals surface area contributed by atoms with Gasteiger partial charge in [0.1, 0.15) is 5.75 Å². The molecule has 0 fully saturated rings. The molecule has 2 rings (SSSR count). The quantitative estimate of drug-likeness (QED) is 0.498. The van der Waals surface area contributed by atoms with Gasteiger partial charge in [-0.1, -0.05) is 0 Å². The second kappa shape index (κ2) is 6.89. The topological polar surface area (TPSA) is 89.7 Å². The van der Waals surface area contributed by atoms with Gasteiger partial charge in [-0.25, -0.2) is 4.98 Å². The van der Waals surface area contributed by atoms with E-state index in [9.17, 15) is 18.9 Å². The van der Waals surface area contributed by atoms with Gasteiger partial charge in [0.2, 0.25) is 5.13 Å². The largest absolute Gasteiger partial charge is 0.434 e. The van der Waals surface area contributed by atoms with Crippen molar-refractivity contribution in [1.29, 1.82) is 0 Å². The summed E-state index contributed by atoms with van der Waals surface area (Å²) in [6.45, 7) is -1.23. The first-order valence-corrected chi connectivity index (χ1v) is 6.78. The first-order valence-electron chi connectivity index (χ1n) is 5.90. The van der Waals surface area contributed by atoms with Crippen LogP contribution in [0, 0.1) is 17.0 Å². The van der Waals surface area contributed by atoms with E-state index in [4.69, 9.17) is 0 Å². The molecule has 10 heteroatoms. The molecular weight excluding hydrogens is 318 g/mol. The Labute approximate surface area is 127 Å². The fourth-order valence-corrected chi connectivity index (χ4v) is 2.15. The second-order valence-electron chi connectivity index (χ2n) is 4.02. The third-order valence-electron chi connectivity index (χ3n) is 2.40. The highest BCUT2D eigenvalue weighted by Crippen LogP contribution is 2.24. The van der Waals surface area contributed by atoms with Crippen molar-refractivity contribution in [3.05, 3.63) is 45.0 Å². The standard InChI is InChI=1S/C12H10F2N4O3S/c1-7-6-22-12(16-7)17-15-5-8-4-9(18(19)20)2-3-10(8)21-11(13)14/h2-6,11H,1H3,(H,16,17). The Morgan fingerprint density at radius 1 is 1.55 bits per heavy atom. The number of nitrogens with one attached hydrogen (secondary N) is 1. The zero-order chi connectivity index (χ0) is 16.1. The number of anilines is 1. The smallest absolute Gasteiger partial charge is 0.387 e. The summed E-state index contributed by atoms with van der Waals surface area (Å²) in [5, 5.41) is 16.9. The maximum Gasteiger partial charge on any atom is 0.387 e. The van der Waals surface area contributed by atoms with E-state index in [0.717, 1.165) is 30.1 Å². The first-order chi connectivity index (χ1) is 10.5. The molecule has 0 unspecified atom stereocenters. The summed E-state index contributed by atoms with van der Waals surface area (Å²) in [5.74, 6) is -0.207. The molecule has 1 N–H and O–H groups in total. The van der Waals surface area contributed by atoms with Crippen LogP contribution in [0.1, 0.15) is 11.3 Å². The maximum atomic E-state index is 12.3. The molecular formula is C12H10F2N4O3S. The maximum absolute atomic E-state index is 12.3. The van der Waals surface area contributed by atoms with Gasteiger partial charge < -0.3 is 4.74 Å². The highest BCUT2D eigenvalue weighted by molar-refractivity contribution is 7.13. The van der Waals surface area contributed by atoms with Crippen LogP contribution in [0.15, 0.2) is 28.7 Å². The number of hydrogen-bond acceptors (Lipinski definition) is 7. The van der Waals surface area contributed by atoms with Crippen molar-refractivity contribution in [3.63, 3.8) is 0 Å². The third kappa shape index (κ3) is 4.19. The fraction of sp³-hybridized carbons (Fsp3) is 0.167. The van der Waals surface area contributed by atoms with Crippen molar-refractivity contribution in [2.24, 2.45) is 5.10 Å². The summed E-state index contributed by atoms with van der Waals surface area (Å²) in [4.78, 5) is 14.2. The van der Waals surface area contributed by atoms with Gasteiger partial charge in [0.25, 0.3) is 5.69 Å². The number of nitro groups is 1. The minimum absolute atomic E-state index is 0.0512. The minimum Gasteiger partial charge on any atom is -0.434 e. The van der Waals surface area contributed by atoms with Crippen molar-refractivity contribution >= 4 is 28.4 Å². The number of hydrazone groups is 1. The Balaban J connectivity index is 2.21. The van der Waals surface area contributed by atoms with Gasteiger partial charge in [-0.15, -0.1) is 11.3 Å². The molecule has 0 bridgehead atoms. The summed E-state index contributed by atoms with van der Waals surface area (Å²) in [5.41, 5.74) is 3.21. The zero-order valence-corrected chi connectivity index (χ0v) is 12.0. The first kappa shape index (κ1) is 15.8. The molecule has 0 amide bonds. The van der Waals surface area contributed by atoms with Gasteiger partial charge in [0.15, 0.2) is 0 Å². The lowest BCUT2D eigenvalue weighted by Gasteiger charge is -2.07. The summed E-state index contributed by atoms with van der Waals surface area (Å²) in [6.07, 6.45) is 1.15. The highest BCUT2D eigenvalue weighted by atomic mass is 32.1. The number of nitrogens with zero attached hydrogens (tertiary/aromatic N) is 3. The SMILES string of the molecule is Cc1csc(NN=Cc2cc([N+](=O)[O-])ccc2OC(F)F)n1. The average Bonchev–Trinajstić information content (AvgIpc) is 2.85. The number of hydrogen-bond donors (Lipinski definition) is 1. The molecule has 2 aromatic rings. The van der Waals surface area contributed by atoms with Crippen LogP contribution in [0.2, 0.25) is 0 Å². The molecule has 22 heavy (non-hydrogen) atoms. The molecule has 0 saturated heterocycles. The van der Waals surface area contributed by atoms with Gasteiger partial charge in [-0.05, 0) is 13.0 Å². The Hall–Kier alpha value is -2.62. The van der Waals surface area contributed by atoms with E-state index in [0.29, 0.717) is 5.13 Å². The van der Waals surface area contributed by atoms with Crippen molar-refractivity contribution in [2.45, 2.75) is 13.5 Å². The van der Waals surface area contributed by atoms with Gasteiger partial charge in [-0.3, -0.25) is 15.5 Å². The van der Waals surface area contributed by atoms with E-state index >= 15 is 0 Å². The van der Waals surface area contributed by atoms with Gasteiger partial charge in [-0.2, -0.15) is 13.9 Å². The molecule has 0 aliphatic heterocycles. The van der Waals surface area contributed by atoms with Crippen molar-refractivity contribution in [3.8, 4) is 5.75 Å².